The van der Waals surface area contributed by atoms with Crippen molar-refractivity contribution in [3.63, 3.8) is 0 Å². The molecular weight excluding hydrogens is 332 g/mol. The van der Waals surface area contributed by atoms with Gasteiger partial charge in [-0.2, -0.15) is 0 Å². The Kier molecular flexibility index (Phi) is 6.37. The fourth-order valence-corrected chi connectivity index (χ4v) is 2.62. The van der Waals surface area contributed by atoms with E-state index in [4.69, 9.17) is 0 Å². The van der Waals surface area contributed by atoms with Gasteiger partial charge in [-0.25, -0.2) is 4.79 Å². The lowest BCUT2D eigenvalue weighted by atomic mass is 10.1. The van der Waals surface area contributed by atoms with Crippen LogP contribution < -0.4 is 16.0 Å². The number of urea groups is 1. The minimum Gasteiger partial charge on any atom is -0.355 e. The lowest BCUT2D eigenvalue weighted by molar-refractivity contribution is -0.121. The maximum absolute atomic E-state index is 12.2. The van der Waals surface area contributed by atoms with Crippen molar-refractivity contribution in [2.24, 2.45) is 0 Å². The van der Waals surface area contributed by atoms with Crippen molar-refractivity contribution in [1.82, 2.24) is 20.9 Å². The number of nitrogens with one attached hydrogen (secondary N) is 3. The van der Waals surface area contributed by atoms with Crippen molar-refractivity contribution in [3.05, 3.63) is 35.4 Å². The Labute approximate surface area is 154 Å². The van der Waals surface area contributed by atoms with E-state index < -0.39 is 11.6 Å². The average Bonchev–Trinajstić information content (AvgIpc) is 3.37. The van der Waals surface area contributed by atoms with E-state index >= 15 is 0 Å². The zero-order chi connectivity index (χ0) is 19.3. The normalized spacial score (nSPS) is 14.0. The molecule has 1 fully saturated rings. The predicted octanol–water partition coefficient (Wildman–Crippen LogP) is 1.63. The maximum Gasteiger partial charge on any atom is 0.321 e. The molecule has 3 N–H and O–H groups in total. The lowest BCUT2D eigenvalue weighted by Crippen LogP contribution is -2.50. The van der Waals surface area contributed by atoms with Gasteiger partial charge < -0.3 is 10.6 Å². The fraction of sp³-hybridized carbons (Fsp3) is 0.526. The zero-order valence-corrected chi connectivity index (χ0v) is 15.9. The Hall–Kier alpha value is -2.41. The SMILES string of the molecule is CNC(=O)c1ccc(CN(CC(=O)NC(=O)NC(C)(C)C)C2CC2)cc1. The first kappa shape index (κ1) is 19.9. The predicted molar refractivity (Wildman–Crippen MR) is 99.7 cm³/mol. The van der Waals surface area contributed by atoms with Crippen molar-refractivity contribution < 1.29 is 14.4 Å². The third-order valence-electron chi connectivity index (χ3n) is 3.98. The smallest absolute Gasteiger partial charge is 0.321 e. The number of amides is 4. The van der Waals surface area contributed by atoms with Crippen LogP contribution in [0.15, 0.2) is 24.3 Å². The van der Waals surface area contributed by atoms with Gasteiger partial charge in [-0.1, -0.05) is 12.1 Å². The van der Waals surface area contributed by atoms with Gasteiger partial charge in [-0.3, -0.25) is 19.8 Å². The highest BCUT2D eigenvalue weighted by Crippen LogP contribution is 2.28. The first-order valence-electron chi connectivity index (χ1n) is 8.85. The molecule has 7 nitrogen and oxygen atoms in total. The molecule has 26 heavy (non-hydrogen) atoms. The van der Waals surface area contributed by atoms with Crippen LogP contribution in [0.2, 0.25) is 0 Å². The first-order chi connectivity index (χ1) is 12.2. The second-order valence-corrected chi connectivity index (χ2v) is 7.66. The van der Waals surface area contributed by atoms with E-state index in [1.165, 1.54) is 0 Å². The molecule has 0 unspecified atom stereocenters. The number of benzene rings is 1. The summed E-state index contributed by atoms with van der Waals surface area (Å²) in [6.07, 6.45) is 2.11. The average molecular weight is 360 g/mol. The van der Waals surface area contributed by atoms with E-state index in [0.29, 0.717) is 18.2 Å². The van der Waals surface area contributed by atoms with Gasteiger partial charge in [0.05, 0.1) is 6.54 Å². The van der Waals surface area contributed by atoms with Crippen LogP contribution in [-0.2, 0) is 11.3 Å². The molecule has 1 aromatic carbocycles. The number of carbonyl (C=O) groups excluding carboxylic acids is 3. The van der Waals surface area contributed by atoms with Crippen LogP contribution in [0.1, 0.15) is 49.5 Å². The summed E-state index contributed by atoms with van der Waals surface area (Å²) >= 11 is 0. The van der Waals surface area contributed by atoms with Gasteiger partial charge in [0, 0.05) is 30.7 Å². The number of imide groups is 1. The molecule has 0 radical (unpaired) electrons. The van der Waals surface area contributed by atoms with E-state index in [0.717, 1.165) is 18.4 Å². The van der Waals surface area contributed by atoms with Crippen molar-refractivity contribution in [3.8, 4) is 0 Å². The van der Waals surface area contributed by atoms with Crippen LogP contribution in [0.4, 0.5) is 4.79 Å². The van der Waals surface area contributed by atoms with Crippen LogP contribution in [0.25, 0.3) is 0 Å². The Bertz CT molecular complexity index is 660. The molecule has 0 aromatic heterocycles. The van der Waals surface area contributed by atoms with Crippen molar-refractivity contribution in [2.45, 2.75) is 51.7 Å². The summed E-state index contributed by atoms with van der Waals surface area (Å²) in [5, 5.41) is 7.69. The summed E-state index contributed by atoms with van der Waals surface area (Å²) in [4.78, 5) is 37.7. The molecule has 1 aliphatic carbocycles. The summed E-state index contributed by atoms with van der Waals surface area (Å²) < 4.78 is 0. The topological polar surface area (TPSA) is 90.5 Å². The highest BCUT2D eigenvalue weighted by molar-refractivity contribution is 5.95. The van der Waals surface area contributed by atoms with Crippen LogP contribution in [0.3, 0.4) is 0 Å². The Morgan fingerprint density at radius 2 is 1.73 bits per heavy atom. The molecule has 0 bridgehead atoms. The van der Waals surface area contributed by atoms with Crippen LogP contribution >= 0.6 is 0 Å². The number of hydrogen-bond donors (Lipinski definition) is 3. The van der Waals surface area contributed by atoms with E-state index in [1.807, 2.05) is 32.9 Å². The number of nitrogens with zero attached hydrogens (tertiary/aromatic N) is 1. The maximum atomic E-state index is 12.2. The molecule has 0 saturated heterocycles. The molecule has 0 atom stereocenters. The first-order valence-corrected chi connectivity index (χ1v) is 8.85. The molecule has 1 aromatic rings. The van der Waals surface area contributed by atoms with Gasteiger partial charge in [0.2, 0.25) is 5.91 Å². The van der Waals surface area contributed by atoms with Crippen LogP contribution in [0.5, 0.6) is 0 Å². The highest BCUT2D eigenvalue weighted by atomic mass is 16.2. The summed E-state index contributed by atoms with van der Waals surface area (Å²) in [6, 6.07) is 7.22. The molecule has 2 rings (SSSR count). The molecule has 0 spiro atoms. The molecule has 1 aliphatic rings. The van der Waals surface area contributed by atoms with Gasteiger partial charge >= 0.3 is 6.03 Å². The summed E-state index contributed by atoms with van der Waals surface area (Å²) in [6.45, 7) is 6.34. The zero-order valence-electron chi connectivity index (χ0n) is 15.9. The quantitative estimate of drug-likeness (QED) is 0.719. The Morgan fingerprint density at radius 1 is 1.12 bits per heavy atom. The molecule has 142 valence electrons. The summed E-state index contributed by atoms with van der Waals surface area (Å²) in [5.41, 5.74) is 1.23. The Morgan fingerprint density at radius 3 is 2.23 bits per heavy atom. The largest absolute Gasteiger partial charge is 0.355 e. The third kappa shape index (κ3) is 6.48. The van der Waals surface area contributed by atoms with Crippen LogP contribution in [-0.4, -0.2) is 47.9 Å². The van der Waals surface area contributed by atoms with Crippen molar-refractivity contribution in [1.29, 1.82) is 0 Å². The van der Waals surface area contributed by atoms with Gasteiger partial charge in [-0.15, -0.1) is 0 Å². The van der Waals surface area contributed by atoms with Crippen molar-refractivity contribution >= 4 is 17.8 Å². The summed E-state index contributed by atoms with van der Waals surface area (Å²) in [5.74, 6) is -0.444. The number of rotatable bonds is 6. The second-order valence-electron chi connectivity index (χ2n) is 7.66. The van der Waals surface area contributed by atoms with E-state index in [2.05, 4.69) is 20.9 Å². The molecule has 1 saturated carbocycles. The molecule has 4 amide bonds. The van der Waals surface area contributed by atoms with Gasteiger partial charge in [0.15, 0.2) is 0 Å². The minimum absolute atomic E-state index is 0.125. The molecule has 7 heteroatoms. The lowest BCUT2D eigenvalue weighted by Gasteiger charge is -2.23. The summed E-state index contributed by atoms with van der Waals surface area (Å²) in [7, 11) is 1.60. The van der Waals surface area contributed by atoms with Crippen molar-refractivity contribution in [2.75, 3.05) is 13.6 Å². The fourth-order valence-electron chi connectivity index (χ4n) is 2.62. The molecular formula is C19H28N4O3. The standard InChI is InChI=1S/C19H28N4O3/c1-19(2,3)22-18(26)21-16(24)12-23(15-9-10-15)11-13-5-7-14(8-6-13)17(25)20-4/h5-8,15H,9-12H2,1-4H3,(H,20,25)(H2,21,22,24,26). The second kappa shape index (κ2) is 8.31. The molecule has 0 heterocycles. The van der Waals surface area contributed by atoms with E-state index in [1.54, 1.807) is 19.2 Å². The highest BCUT2D eigenvalue weighted by Gasteiger charge is 2.30. The van der Waals surface area contributed by atoms with Gasteiger partial charge in [-0.05, 0) is 51.3 Å². The minimum atomic E-state index is -0.479. The van der Waals surface area contributed by atoms with E-state index in [9.17, 15) is 14.4 Å². The van der Waals surface area contributed by atoms with Gasteiger partial charge in [0.1, 0.15) is 0 Å². The van der Waals surface area contributed by atoms with Crippen LogP contribution in [0, 0.1) is 0 Å². The Balaban J connectivity index is 1.91. The number of carbonyl (C=O) groups is 3. The monoisotopic (exact) mass is 360 g/mol. The third-order valence-corrected chi connectivity index (χ3v) is 3.98. The van der Waals surface area contributed by atoms with E-state index in [-0.39, 0.29) is 18.4 Å². The van der Waals surface area contributed by atoms with Gasteiger partial charge in [0.25, 0.3) is 5.91 Å². The number of hydrogen-bond acceptors (Lipinski definition) is 4. The molecule has 0 aliphatic heterocycles.